The number of ether oxygens (including phenoxy) is 2. The van der Waals surface area contributed by atoms with Crippen LogP contribution >= 0.6 is 27.3 Å². The smallest absolute Gasteiger partial charge is 0.281 e. The van der Waals surface area contributed by atoms with E-state index in [0.29, 0.717) is 11.5 Å². The summed E-state index contributed by atoms with van der Waals surface area (Å²) in [6, 6.07) is 15.2. The highest BCUT2D eigenvalue weighted by atomic mass is 79.9. The van der Waals surface area contributed by atoms with E-state index in [0.717, 1.165) is 32.7 Å². The second-order valence-corrected chi connectivity index (χ2v) is 7.69. The van der Waals surface area contributed by atoms with Gasteiger partial charge in [-0.2, -0.15) is 5.10 Å². The predicted molar refractivity (Wildman–Crippen MR) is 116 cm³/mol. The van der Waals surface area contributed by atoms with E-state index in [2.05, 4.69) is 26.5 Å². The van der Waals surface area contributed by atoms with Gasteiger partial charge in [0.25, 0.3) is 5.91 Å². The largest absolute Gasteiger partial charge is 0.496 e. The molecular weight excluding hydrogens is 440 g/mol. The topological polar surface area (TPSA) is 59.9 Å². The molecule has 0 radical (unpaired) electrons. The summed E-state index contributed by atoms with van der Waals surface area (Å²) < 4.78 is 12.2. The Bertz CT molecular complexity index is 1000. The summed E-state index contributed by atoms with van der Waals surface area (Å²) in [4.78, 5) is 12.8. The first kappa shape index (κ1) is 20.1. The van der Waals surface area contributed by atoms with E-state index in [9.17, 15) is 4.79 Å². The maximum Gasteiger partial charge on any atom is 0.281 e. The van der Waals surface area contributed by atoms with Gasteiger partial charge in [-0.05, 0) is 75.8 Å². The van der Waals surface area contributed by atoms with Crippen molar-refractivity contribution in [3.05, 3.63) is 80.0 Å². The molecule has 1 aromatic heterocycles. The number of thiophene rings is 1. The quantitative estimate of drug-likeness (QED) is 0.392. The maximum atomic E-state index is 12.1. The van der Waals surface area contributed by atoms with Crippen molar-refractivity contribution in [3.8, 4) is 11.5 Å². The van der Waals surface area contributed by atoms with E-state index in [-0.39, 0.29) is 5.91 Å². The number of amides is 1. The summed E-state index contributed by atoms with van der Waals surface area (Å²) in [7, 11) is 1.62. The number of nitrogens with zero attached hydrogens (tertiary/aromatic N) is 1. The molecular formula is C21H19BrN2O3S. The number of carbonyl (C=O) groups excluding carboxylic acids is 1. The number of hydrogen-bond donors (Lipinski definition) is 1. The number of para-hydroxylation sites is 1. The molecule has 0 saturated carbocycles. The van der Waals surface area contributed by atoms with Crippen LogP contribution in [-0.4, -0.2) is 19.2 Å². The number of benzene rings is 2. The van der Waals surface area contributed by atoms with Crippen molar-refractivity contribution in [2.75, 3.05) is 7.11 Å². The van der Waals surface area contributed by atoms with Crippen LogP contribution in [0.3, 0.4) is 0 Å². The summed E-state index contributed by atoms with van der Waals surface area (Å²) in [6.45, 7) is 2.24. The number of methoxy groups -OCH3 is 1. The fraction of sp³-hybridized carbons (Fsp3) is 0.143. The molecule has 144 valence electrons. The van der Waals surface area contributed by atoms with Crippen LogP contribution < -0.4 is 14.9 Å². The molecule has 0 aliphatic carbocycles. The lowest BCUT2D eigenvalue weighted by Gasteiger charge is -2.12. The van der Waals surface area contributed by atoms with Crippen molar-refractivity contribution in [3.63, 3.8) is 0 Å². The third-order valence-electron chi connectivity index (χ3n) is 3.97. The van der Waals surface area contributed by atoms with Crippen LogP contribution in [0.25, 0.3) is 0 Å². The predicted octanol–water partition coefficient (Wildman–Crippen LogP) is 5.17. The second kappa shape index (κ2) is 9.52. The SMILES string of the molecule is COc1ccc(C=NNC(=O)c2sccc2C)cc1COc1ccccc1Br. The molecule has 5 nitrogen and oxygen atoms in total. The summed E-state index contributed by atoms with van der Waals surface area (Å²) in [5.41, 5.74) is 5.20. The minimum atomic E-state index is -0.213. The van der Waals surface area contributed by atoms with Crippen molar-refractivity contribution >= 4 is 39.4 Å². The van der Waals surface area contributed by atoms with Crippen LogP contribution in [-0.2, 0) is 6.61 Å². The lowest BCUT2D eigenvalue weighted by atomic mass is 10.1. The molecule has 1 amide bonds. The lowest BCUT2D eigenvalue weighted by molar-refractivity contribution is 0.0958. The molecule has 1 N–H and O–H groups in total. The Balaban J connectivity index is 1.69. The summed E-state index contributed by atoms with van der Waals surface area (Å²) in [5, 5.41) is 5.94. The first-order valence-electron chi connectivity index (χ1n) is 8.50. The van der Waals surface area contributed by atoms with E-state index >= 15 is 0 Å². The zero-order valence-corrected chi connectivity index (χ0v) is 17.8. The van der Waals surface area contributed by atoms with Gasteiger partial charge in [-0.3, -0.25) is 4.79 Å². The number of nitrogens with one attached hydrogen (secondary N) is 1. The molecule has 0 bridgehead atoms. The number of hydrogen-bond acceptors (Lipinski definition) is 5. The average Bonchev–Trinajstić information content (AvgIpc) is 3.13. The fourth-order valence-corrected chi connectivity index (χ4v) is 3.74. The summed E-state index contributed by atoms with van der Waals surface area (Å²) in [5.74, 6) is 1.26. The minimum absolute atomic E-state index is 0.213. The molecule has 0 aliphatic heterocycles. The third-order valence-corrected chi connectivity index (χ3v) is 5.64. The summed E-state index contributed by atoms with van der Waals surface area (Å²) in [6.07, 6.45) is 1.60. The van der Waals surface area contributed by atoms with Crippen LogP contribution in [0.5, 0.6) is 11.5 Å². The van der Waals surface area contributed by atoms with E-state index in [1.165, 1.54) is 11.3 Å². The monoisotopic (exact) mass is 458 g/mol. The number of halogens is 1. The third kappa shape index (κ3) is 4.99. The van der Waals surface area contributed by atoms with Crippen molar-refractivity contribution in [2.45, 2.75) is 13.5 Å². The van der Waals surface area contributed by atoms with E-state index in [4.69, 9.17) is 9.47 Å². The molecule has 0 saturated heterocycles. The van der Waals surface area contributed by atoms with Gasteiger partial charge in [0, 0.05) is 5.56 Å². The molecule has 1 heterocycles. The summed E-state index contributed by atoms with van der Waals surface area (Å²) >= 11 is 4.87. The Morgan fingerprint density at radius 2 is 2.04 bits per heavy atom. The highest BCUT2D eigenvalue weighted by Crippen LogP contribution is 2.27. The van der Waals surface area contributed by atoms with Crippen LogP contribution in [0.2, 0.25) is 0 Å². The highest BCUT2D eigenvalue weighted by Gasteiger charge is 2.09. The van der Waals surface area contributed by atoms with Gasteiger partial charge in [-0.15, -0.1) is 11.3 Å². The average molecular weight is 459 g/mol. The van der Waals surface area contributed by atoms with Gasteiger partial charge in [0.05, 0.1) is 22.7 Å². The van der Waals surface area contributed by atoms with Crippen LogP contribution in [0.1, 0.15) is 26.4 Å². The van der Waals surface area contributed by atoms with Gasteiger partial charge in [0.1, 0.15) is 18.1 Å². The Labute approximate surface area is 176 Å². The Hall–Kier alpha value is -2.64. The normalized spacial score (nSPS) is 10.8. The molecule has 3 aromatic rings. The Morgan fingerprint density at radius 1 is 1.21 bits per heavy atom. The van der Waals surface area contributed by atoms with Crippen molar-refractivity contribution < 1.29 is 14.3 Å². The molecule has 7 heteroatoms. The highest BCUT2D eigenvalue weighted by molar-refractivity contribution is 9.10. The zero-order chi connectivity index (χ0) is 19.9. The van der Waals surface area contributed by atoms with Crippen molar-refractivity contribution in [2.24, 2.45) is 5.10 Å². The van der Waals surface area contributed by atoms with Gasteiger partial charge >= 0.3 is 0 Å². The standard InChI is InChI=1S/C21H19BrN2O3S/c1-14-9-10-28-20(14)21(25)24-23-12-15-7-8-18(26-2)16(11-15)13-27-19-6-4-3-5-17(19)22/h3-12H,13H2,1-2H3,(H,24,25). The molecule has 0 fully saturated rings. The number of carbonyl (C=O) groups is 1. The first-order chi connectivity index (χ1) is 13.6. The van der Waals surface area contributed by atoms with Gasteiger partial charge in [-0.25, -0.2) is 5.43 Å². The van der Waals surface area contributed by atoms with Gasteiger partial charge in [0.15, 0.2) is 0 Å². The van der Waals surface area contributed by atoms with Gasteiger partial charge in [0.2, 0.25) is 0 Å². The molecule has 3 rings (SSSR count). The lowest BCUT2D eigenvalue weighted by Crippen LogP contribution is -2.17. The van der Waals surface area contributed by atoms with Gasteiger partial charge < -0.3 is 9.47 Å². The zero-order valence-electron chi connectivity index (χ0n) is 15.4. The van der Waals surface area contributed by atoms with Crippen LogP contribution in [0, 0.1) is 6.92 Å². The Kier molecular flexibility index (Phi) is 6.84. The molecule has 0 unspecified atom stereocenters. The van der Waals surface area contributed by atoms with Gasteiger partial charge in [-0.1, -0.05) is 12.1 Å². The van der Waals surface area contributed by atoms with Crippen LogP contribution in [0.4, 0.5) is 0 Å². The minimum Gasteiger partial charge on any atom is -0.496 e. The molecule has 0 aliphatic rings. The van der Waals surface area contributed by atoms with E-state index in [1.54, 1.807) is 13.3 Å². The fourth-order valence-electron chi connectivity index (χ4n) is 2.53. The van der Waals surface area contributed by atoms with Crippen molar-refractivity contribution in [1.82, 2.24) is 5.43 Å². The molecule has 2 aromatic carbocycles. The number of aryl methyl sites for hydroxylation is 1. The number of rotatable bonds is 7. The molecule has 0 atom stereocenters. The maximum absolute atomic E-state index is 12.1. The Morgan fingerprint density at radius 3 is 2.75 bits per heavy atom. The molecule has 0 spiro atoms. The van der Waals surface area contributed by atoms with E-state index < -0.39 is 0 Å². The number of hydrazone groups is 1. The first-order valence-corrected chi connectivity index (χ1v) is 10.2. The van der Waals surface area contributed by atoms with E-state index in [1.807, 2.05) is 60.8 Å². The van der Waals surface area contributed by atoms with Crippen LogP contribution in [0.15, 0.2) is 63.5 Å². The molecule has 28 heavy (non-hydrogen) atoms. The second-order valence-electron chi connectivity index (χ2n) is 5.92. The van der Waals surface area contributed by atoms with Crippen molar-refractivity contribution in [1.29, 1.82) is 0 Å².